The zero-order chi connectivity index (χ0) is 16.0. The second kappa shape index (κ2) is 7.57. The standard InChI is InChI=1S/C8H12N2O.C8H11NO/c1-5(2)7-8(11)6(3)9-4-10-7;1-6(2)8-7(10)4-3-5-9-8/h4-5,11H,1-3H3;3-6,10H,1-2H3. The SMILES string of the molecule is CC(C)c1ncccc1O.Cc1ncnc(C(C)C)c1O. The van der Waals surface area contributed by atoms with E-state index in [-0.39, 0.29) is 17.4 Å². The van der Waals surface area contributed by atoms with Gasteiger partial charge in [0.2, 0.25) is 0 Å². The predicted octanol–water partition coefficient (Wildman–Crippen LogP) is 3.52. The molecule has 114 valence electrons. The Morgan fingerprint density at radius 1 is 0.905 bits per heavy atom. The maximum atomic E-state index is 9.44. The van der Waals surface area contributed by atoms with Gasteiger partial charge in [-0.3, -0.25) is 4.98 Å². The summed E-state index contributed by atoms with van der Waals surface area (Å²) in [6, 6.07) is 3.38. The molecule has 21 heavy (non-hydrogen) atoms. The molecule has 0 radical (unpaired) electrons. The second-order valence-corrected chi connectivity index (χ2v) is 5.41. The van der Waals surface area contributed by atoms with Gasteiger partial charge in [-0.25, -0.2) is 9.97 Å². The first kappa shape index (κ1) is 16.9. The molecular weight excluding hydrogens is 266 g/mol. The summed E-state index contributed by atoms with van der Waals surface area (Å²) in [6.45, 7) is 9.75. The van der Waals surface area contributed by atoms with Crippen molar-refractivity contribution in [1.82, 2.24) is 15.0 Å². The lowest BCUT2D eigenvalue weighted by atomic mass is 10.1. The van der Waals surface area contributed by atoms with Gasteiger partial charge in [0.15, 0.2) is 5.75 Å². The minimum atomic E-state index is 0.225. The summed E-state index contributed by atoms with van der Waals surface area (Å²) in [7, 11) is 0. The normalized spacial score (nSPS) is 10.4. The van der Waals surface area contributed by atoms with Crippen LogP contribution in [-0.2, 0) is 0 Å². The van der Waals surface area contributed by atoms with Gasteiger partial charge in [0, 0.05) is 6.20 Å². The summed E-state index contributed by atoms with van der Waals surface area (Å²) >= 11 is 0. The van der Waals surface area contributed by atoms with Gasteiger partial charge in [0.25, 0.3) is 0 Å². The molecule has 0 saturated carbocycles. The average Bonchev–Trinajstić information content (AvgIpc) is 2.42. The number of hydrogen-bond acceptors (Lipinski definition) is 5. The molecule has 0 atom stereocenters. The molecule has 2 heterocycles. The lowest BCUT2D eigenvalue weighted by Crippen LogP contribution is -1.96. The maximum Gasteiger partial charge on any atom is 0.158 e. The van der Waals surface area contributed by atoms with Crippen LogP contribution in [-0.4, -0.2) is 25.2 Å². The monoisotopic (exact) mass is 289 g/mol. The van der Waals surface area contributed by atoms with E-state index >= 15 is 0 Å². The zero-order valence-corrected chi connectivity index (χ0v) is 13.2. The van der Waals surface area contributed by atoms with Crippen LogP contribution < -0.4 is 0 Å². The summed E-state index contributed by atoms with van der Waals surface area (Å²) in [5.74, 6) is 1.05. The lowest BCUT2D eigenvalue weighted by Gasteiger charge is -2.06. The fourth-order valence-electron chi connectivity index (χ4n) is 1.76. The summed E-state index contributed by atoms with van der Waals surface area (Å²) in [4.78, 5) is 11.9. The van der Waals surface area contributed by atoms with Crippen molar-refractivity contribution in [3.8, 4) is 11.5 Å². The lowest BCUT2D eigenvalue weighted by molar-refractivity contribution is 0.451. The first-order valence-corrected chi connectivity index (χ1v) is 6.98. The van der Waals surface area contributed by atoms with Gasteiger partial charge < -0.3 is 10.2 Å². The van der Waals surface area contributed by atoms with Crippen molar-refractivity contribution in [3.05, 3.63) is 41.7 Å². The Bertz CT molecular complexity index is 583. The number of aryl methyl sites for hydroxylation is 1. The summed E-state index contributed by atoms with van der Waals surface area (Å²) in [5.41, 5.74) is 2.13. The highest BCUT2D eigenvalue weighted by molar-refractivity contribution is 5.31. The van der Waals surface area contributed by atoms with Crippen LogP contribution in [0, 0.1) is 6.92 Å². The highest BCUT2D eigenvalue weighted by atomic mass is 16.3. The van der Waals surface area contributed by atoms with Crippen LogP contribution in [0.3, 0.4) is 0 Å². The van der Waals surface area contributed by atoms with Crippen LogP contribution in [0.25, 0.3) is 0 Å². The highest BCUT2D eigenvalue weighted by Crippen LogP contribution is 2.24. The third-order valence-electron chi connectivity index (χ3n) is 2.94. The van der Waals surface area contributed by atoms with E-state index < -0.39 is 0 Å². The van der Waals surface area contributed by atoms with Gasteiger partial charge in [-0.2, -0.15) is 0 Å². The van der Waals surface area contributed by atoms with E-state index in [1.54, 1.807) is 25.3 Å². The largest absolute Gasteiger partial charge is 0.506 e. The fraction of sp³-hybridized carbons (Fsp3) is 0.438. The molecule has 0 fully saturated rings. The number of hydrogen-bond donors (Lipinski definition) is 2. The Balaban J connectivity index is 0.000000211. The summed E-state index contributed by atoms with van der Waals surface area (Å²) in [6.07, 6.45) is 3.17. The topological polar surface area (TPSA) is 79.1 Å². The number of aromatic hydroxyl groups is 2. The quantitative estimate of drug-likeness (QED) is 0.884. The van der Waals surface area contributed by atoms with Crippen molar-refractivity contribution in [3.63, 3.8) is 0 Å². The third-order valence-corrected chi connectivity index (χ3v) is 2.94. The first-order chi connectivity index (χ1) is 9.84. The molecule has 2 aromatic rings. The Morgan fingerprint density at radius 2 is 1.52 bits per heavy atom. The van der Waals surface area contributed by atoms with Crippen LogP contribution >= 0.6 is 0 Å². The molecular formula is C16H23N3O2. The number of nitrogens with zero attached hydrogens (tertiary/aromatic N) is 3. The van der Waals surface area contributed by atoms with Crippen LogP contribution in [0.2, 0.25) is 0 Å². The number of pyridine rings is 1. The van der Waals surface area contributed by atoms with Crippen molar-refractivity contribution in [2.24, 2.45) is 0 Å². The van der Waals surface area contributed by atoms with Crippen LogP contribution in [0.15, 0.2) is 24.7 Å². The van der Waals surface area contributed by atoms with E-state index in [2.05, 4.69) is 15.0 Å². The molecule has 0 unspecified atom stereocenters. The summed E-state index contributed by atoms with van der Waals surface area (Å²) < 4.78 is 0. The number of aromatic nitrogens is 3. The minimum absolute atomic E-state index is 0.225. The van der Waals surface area contributed by atoms with Gasteiger partial charge in [-0.05, 0) is 30.9 Å². The van der Waals surface area contributed by atoms with Crippen molar-refractivity contribution in [2.45, 2.75) is 46.5 Å². The van der Waals surface area contributed by atoms with Crippen molar-refractivity contribution in [2.75, 3.05) is 0 Å². The van der Waals surface area contributed by atoms with E-state index in [0.29, 0.717) is 11.6 Å². The Labute approximate surface area is 125 Å². The van der Waals surface area contributed by atoms with E-state index in [1.807, 2.05) is 27.7 Å². The van der Waals surface area contributed by atoms with Crippen LogP contribution in [0.5, 0.6) is 11.5 Å². The molecule has 0 saturated heterocycles. The van der Waals surface area contributed by atoms with Crippen molar-refractivity contribution >= 4 is 0 Å². The molecule has 0 aliphatic carbocycles. The highest BCUT2D eigenvalue weighted by Gasteiger charge is 2.09. The van der Waals surface area contributed by atoms with Crippen molar-refractivity contribution in [1.29, 1.82) is 0 Å². The minimum Gasteiger partial charge on any atom is -0.506 e. The molecule has 5 heteroatoms. The third kappa shape index (κ3) is 4.70. The number of rotatable bonds is 2. The van der Waals surface area contributed by atoms with Gasteiger partial charge in [0.1, 0.15) is 12.1 Å². The second-order valence-electron chi connectivity index (χ2n) is 5.41. The van der Waals surface area contributed by atoms with Gasteiger partial charge >= 0.3 is 0 Å². The fourth-order valence-corrected chi connectivity index (χ4v) is 1.76. The first-order valence-electron chi connectivity index (χ1n) is 6.98. The maximum absolute atomic E-state index is 9.44. The summed E-state index contributed by atoms with van der Waals surface area (Å²) in [5, 5.41) is 18.7. The average molecular weight is 289 g/mol. The smallest absolute Gasteiger partial charge is 0.158 e. The molecule has 0 aliphatic rings. The zero-order valence-electron chi connectivity index (χ0n) is 13.2. The molecule has 0 amide bonds. The van der Waals surface area contributed by atoms with E-state index in [9.17, 15) is 10.2 Å². The van der Waals surface area contributed by atoms with Gasteiger partial charge in [0.05, 0.1) is 17.1 Å². The van der Waals surface area contributed by atoms with E-state index in [4.69, 9.17) is 0 Å². The molecule has 0 aromatic carbocycles. The molecule has 0 bridgehead atoms. The predicted molar refractivity (Wildman–Crippen MR) is 82.5 cm³/mol. The van der Waals surface area contributed by atoms with Crippen LogP contribution in [0.1, 0.15) is 56.6 Å². The molecule has 2 aromatic heterocycles. The van der Waals surface area contributed by atoms with Crippen LogP contribution in [0.4, 0.5) is 0 Å². The Kier molecular flexibility index (Phi) is 6.09. The Morgan fingerprint density at radius 3 is 1.95 bits per heavy atom. The molecule has 0 aliphatic heterocycles. The van der Waals surface area contributed by atoms with Gasteiger partial charge in [-0.1, -0.05) is 27.7 Å². The molecule has 2 N–H and O–H groups in total. The molecule has 0 spiro atoms. The Hall–Kier alpha value is -2.17. The molecule has 2 rings (SSSR count). The van der Waals surface area contributed by atoms with E-state index in [1.165, 1.54) is 6.33 Å². The van der Waals surface area contributed by atoms with Crippen molar-refractivity contribution < 1.29 is 10.2 Å². The molecule has 5 nitrogen and oxygen atoms in total. The van der Waals surface area contributed by atoms with E-state index in [0.717, 1.165) is 11.4 Å². The van der Waals surface area contributed by atoms with Gasteiger partial charge in [-0.15, -0.1) is 0 Å².